The SMILES string of the molecule is CN=C(NCCOc1ccccc1)NCC1CCCO1.I. The van der Waals surface area contributed by atoms with Crippen LogP contribution in [0.1, 0.15) is 12.8 Å². The third-order valence-electron chi connectivity index (χ3n) is 3.15. The highest BCUT2D eigenvalue weighted by Crippen LogP contribution is 2.10. The predicted molar refractivity (Wildman–Crippen MR) is 95.7 cm³/mol. The lowest BCUT2D eigenvalue weighted by Gasteiger charge is -2.15. The summed E-state index contributed by atoms with van der Waals surface area (Å²) in [6.45, 7) is 2.99. The summed E-state index contributed by atoms with van der Waals surface area (Å²) in [4.78, 5) is 4.18. The number of halogens is 1. The Balaban J connectivity index is 0.00000220. The van der Waals surface area contributed by atoms with Crippen LogP contribution in [0.25, 0.3) is 0 Å². The molecule has 1 fully saturated rings. The van der Waals surface area contributed by atoms with Gasteiger partial charge in [0, 0.05) is 20.2 Å². The molecule has 2 rings (SSSR count). The van der Waals surface area contributed by atoms with E-state index in [4.69, 9.17) is 9.47 Å². The molecule has 0 aliphatic carbocycles. The van der Waals surface area contributed by atoms with Crippen LogP contribution in [0, 0.1) is 0 Å². The van der Waals surface area contributed by atoms with Crippen LogP contribution in [0.3, 0.4) is 0 Å². The van der Waals surface area contributed by atoms with Crippen LogP contribution in [-0.2, 0) is 4.74 Å². The molecule has 0 aromatic heterocycles. The van der Waals surface area contributed by atoms with E-state index in [1.54, 1.807) is 7.05 Å². The zero-order chi connectivity index (χ0) is 14.0. The molecule has 1 aromatic carbocycles. The Labute approximate surface area is 143 Å². The first-order valence-electron chi connectivity index (χ1n) is 7.12. The largest absolute Gasteiger partial charge is 0.492 e. The van der Waals surface area contributed by atoms with Gasteiger partial charge in [0.1, 0.15) is 12.4 Å². The van der Waals surface area contributed by atoms with E-state index in [1.165, 1.54) is 0 Å². The Bertz CT molecular complexity index is 409. The summed E-state index contributed by atoms with van der Waals surface area (Å²) in [6.07, 6.45) is 2.60. The van der Waals surface area contributed by atoms with E-state index in [0.29, 0.717) is 19.3 Å². The number of nitrogens with zero attached hydrogens (tertiary/aromatic N) is 1. The number of hydrogen-bond donors (Lipinski definition) is 2. The molecule has 118 valence electrons. The summed E-state index contributed by atoms with van der Waals surface area (Å²) in [7, 11) is 1.77. The van der Waals surface area contributed by atoms with Gasteiger partial charge in [-0.25, -0.2) is 0 Å². The molecule has 21 heavy (non-hydrogen) atoms. The minimum atomic E-state index is 0. The molecule has 2 N–H and O–H groups in total. The highest BCUT2D eigenvalue weighted by molar-refractivity contribution is 14.0. The summed E-state index contributed by atoms with van der Waals surface area (Å²) in [5.74, 6) is 1.67. The summed E-state index contributed by atoms with van der Waals surface area (Å²) >= 11 is 0. The van der Waals surface area contributed by atoms with Crippen LogP contribution in [0.15, 0.2) is 35.3 Å². The van der Waals surface area contributed by atoms with E-state index in [-0.39, 0.29) is 24.0 Å². The average molecular weight is 405 g/mol. The summed E-state index contributed by atoms with van der Waals surface area (Å²) in [5.41, 5.74) is 0. The van der Waals surface area contributed by atoms with Crippen LogP contribution in [0.5, 0.6) is 5.75 Å². The first-order valence-corrected chi connectivity index (χ1v) is 7.12. The second kappa shape index (κ2) is 10.7. The molecule has 1 heterocycles. The van der Waals surface area contributed by atoms with Crippen molar-refractivity contribution in [2.45, 2.75) is 18.9 Å². The van der Waals surface area contributed by atoms with E-state index in [9.17, 15) is 0 Å². The van der Waals surface area contributed by atoms with Crippen LogP contribution in [0.4, 0.5) is 0 Å². The van der Waals surface area contributed by atoms with Gasteiger partial charge in [-0.3, -0.25) is 4.99 Å². The van der Waals surface area contributed by atoms with Crippen LogP contribution in [0.2, 0.25) is 0 Å². The monoisotopic (exact) mass is 405 g/mol. The van der Waals surface area contributed by atoms with Crippen molar-refractivity contribution < 1.29 is 9.47 Å². The molecule has 1 aliphatic rings. The van der Waals surface area contributed by atoms with Crippen molar-refractivity contribution in [2.24, 2.45) is 4.99 Å². The van der Waals surface area contributed by atoms with Crippen LogP contribution >= 0.6 is 24.0 Å². The Hall–Kier alpha value is -1.02. The zero-order valence-electron chi connectivity index (χ0n) is 12.4. The highest BCUT2D eigenvalue weighted by Gasteiger charge is 2.15. The molecule has 1 aromatic rings. The molecule has 1 unspecified atom stereocenters. The summed E-state index contributed by atoms with van der Waals surface area (Å²) < 4.78 is 11.2. The van der Waals surface area contributed by atoms with Gasteiger partial charge in [-0.2, -0.15) is 0 Å². The maximum absolute atomic E-state index is 5.61. The lowest BCUT2D eigenvalue weighted by molar-refractivity contribution is 0.114. The highest BCUT2D eigenvalue weighted by atomic mass is 127. The number of rotatable bonds is 6. The molecule has 6 heteroatoms. The first-order chi connectivity index (χ1) is 9.88. The molecule has 0 saturated carbocycles. The number of benzene rings is 1. The van der Waals surface area contributed by atoms with Gasteiger partial charge in [0.25, 0.3) is 0 Å². The average Bonchev–Trinajstić information content (AvgIpc) is 3.01. The number of aliphatic imine (C=N–C) groups is 1. The normalized spacial score (nSPS) is 18.0. The molecule has 0 spiro atoms. The lowest BCUT2D eigenvalue weighted by atomic mass is 10.2. The summed E-state index contributed by atoms with van der Waals surface area (Å²) in [5, 5.41) is 6.49. The second-order valence-electron chi connectivity index (χ2n) is 4.68. The third kappa shape index (κ3) is 6.99. The minimum Gasteiger partial charge on any atom is -0.492 e. The Morgan fingerprint density at radius 1 is 1.33 bits per heavy atom. The maximum atomic E-state index is 5.61. The van der Waals surface area contributed by atoms with Crippen molar-refractivity contribution >= 4 is 29.9 Å². The molecule has 1 atom stereocenters. The number of guanidine groups is 1. The maximum Gasteiger partial charge on any atom is 0.191 e. The molecule has 0 radical (unpaired) electrons. The van der Waals surface area contributed by atoms with Gasteiger partial charge >= 0.3 is 0 Å². The number of ether oxygens (including phenoxy) is 2. The quantitative estimate of drug-likeness (QED) is 0.329. The second-order valence-corrected chi connectivity index (χ2v) is 4.68. The standard InChI is InChI=1S/C15H23N3O2.HI/c1-16-15(18-12-14-8-5-10-19-14)17-9-11-20-13-6-3-2-4-7-13;/h2-4,6-7,14H,5,8-12H2,1H3,(H2,16,17,18);1H. The van der Waals surface area contributed by atoms with Gasteiger partial charge in [-0.1, -0.05) is 18.2 Å². The van der Waals surface area contributed by atoms with Crippen molar-refractivity contribution in [1.82, 2.24) is 10.6 Å². The van der Waals surface area contributed by atoms with Gasteiger partial charge in [0.2, 0.25) is 0 Å². The lowest BCUT2D eigenvalue weighted by Crippen LogP contribution is -2.42. The van der Waals surface area contributed by atoms with Gasteiger partial charge in [-0.05, 0) is 25.0 Å². The predicted octanol–water partition coefficient (Wildman–Crippen LogP) is 2.03. The molecular weight excluding hydrogens is 381 g/mol. The number of hydrogen-bond acceptors (Lipinski definition) is 3. The van der Waals surface area contributed by atoms with Gasteiger partial charge in [0.05, 0.1) is 12.6 Å². The zero-order valence-corrected chi connectivity index (χ0v) is 14.7. The van der Waals surface area contributed by atoms with Gasteiger partial charge < -0.3 is 20.1 Å². The fraction of sp³-hybridized carbons (Fsp3) is 0.533. The smallest absolute Gasteiger partial charge is 0.191 e. The van der Waals surface area contributed by atoms with Crippen molar-refractivity contribution in [2.75, 3.05) is 33.4 Å². The van der Waals surface area contributed by atoms with Gasteiger partial charge in [0.15, 0.2) is 5.96 Å². The van der Waals surface area contributed by atoms with Crippen molar-refractivity contribution in [1.29, 1.82) is 0 Å². The van der Waals surface area contributed by atoms with Crippen molar-refractivity contribution in [3.05, 3.63) is 30.3 Å². The van der Waals surface area contributed by atoms with E-state index in [2.05, 4.69) is 15.6 Å². The molecule has 0 amide bonds. The Kier molecular flexibility index (Phi) is 9.16. The van der Waals surface area contributed by atoms with Crippen LogP contribution < -0.4 is 15.4 Å². The summed E-state index contributed by atoms with van der Waals surface area (Å²) in [6, 6.07) is 9.80. The number of nitrogens with one attached hydrogen (secondary N) is 2. The van der Waals surface area contributed by atoms with E-state index >= 15 is 0 Å². The number of para-hydroxylation sites is 1. The minimum absolute atomic E-state index is 0. The molecule has 1 aliphatic heterocycles. The molecule has 1 saturated heterocycles. The van der Waals surface area contributed by atoms with Crippen LogP contribution in [-0.4, -0.2) is 45.4 Å². The molecule has 0 bridgehead atoms. The molecular formula is C15H24IN3O2. The topological polar surface area (TPSA) is 54.9 Å². The van der Waals surface area contributed by atoms with Crippen molar-refractivity contribution in [3.63, 3.8) is 0 Å². The Morgan fingerprint density at radius 3 is 2.81 bits per heavy atom. The van der Waals surface area contributed by atoms with E-state index < -0.39 is 0 Å². The van der Waals surface area contributed by atoms with E-state index in [0.717, 1.165) is 37.7 Å². The Morgan fingerprint density at radius 2 is 2.14 bits per heavy atom. The van der Waals surface area contributed by atoms with Crippen molar-refractivity contribution in [3.8, 4) is 5.75 Å². The fourth-order valence-corrected chi connectivity index (χ4v) is 2.09. The van der Waals surface area contributed by atoms with Gasteiger partial charge in [-0.15, -0.1) is 24.0 Å². The fourth-order valence-electron chi connectivity index (χ4n) is 2.09. The van der Waals surface area contributed by atoms with E-state index in [1.807, 2.05) is 30.3 Å². The third-order valence-corrected chi connectivity index (χ3v) is 3.15. The molecule has 5 nitrogen and oxygen atoms in total. The first kappa shape index (κ1) is 18.0.